The van der Waals surface area contributed by atoms with Gasteiger partial charge in [0.15, 0.2) is 11.5 Å². The highest BCUT2D eigenvalue weighted by Gasteiger charge is 2.30. The highest BCUT2D eigenvalue weighted by Crippen LogP contribution is 2.35. The van der Waals surface area contributed by atoms with Crippen molar-refractivity contribution in [1.29, 1.82) is 0 Å². The third kappa shape index (κ3) is 5.88. The maximum Gasteiger partial charge on any atom is 0.246 e. The van der Waals surface area contributed by atoms with Crippen LogP contribution in [0.15, 0.2) is 77.1 Å². The Hall–Kier alpha value is -3.99. The van der Waals surface area contributed by atoms with Gasteiger partial charge >= 0.3 is 0 Å². The molecule has 37 heavy (non-hydrogen) atoms. The molecule has 9 nitrogen and oxygen atoms in total. The molecule has 0 atom stereocenters. The van der Waals surface area contributed by atoms with Crippen molar-refractivity contribution in [3.8, 4) is 11.5 Å². The lowest BCUT2D eigenvalue weighted by molar-refractivity contribution is -0.121. The summed E-state index contributed by atoms with van der Waals surface area (Å²) in [5.74, 6) is 0.635. The molecule has 0 saturated heterocycles. The monoisotopic (exact) mass is 520 g/mol. The van der Waals surface area contributed by atoms with E-state index in [1.54, 1.807) is 30.3 Å². The van der Waals surface area contributed by atoms with Crippen LogP contribution in [0.25, 0.3) is 6.08 Å². The number of amides is 1. The molecule has 1 aliphatic heterocycles. The summed E-state index contributed by atoms with van der Waals surface area (Å²) in [6.45, 7) is 7.54. The minimum atomic E-state index is -4.17. The molecule has 0 radical (unpaired) electrons. The molecule has 1 heterocycles. The van der Waals surface area contributed by atoms with Crippen molar-refractivity contribution in [3.05, 3.63) is 89.5 Å². The standard InChI is InChI=1S/C27H28N4O5S/c1-3-22-5-4-6-25(27(22)29-2)37(33,34)31(16-21-11-12-23-24(13-21)36-18-35-23)17-26(32)30-15-20-9-7-19(14-28)8-10-20/h3-13H,1-2,14-18,28H2,(H,30,32). The van der Waals surface area contributed by atoms with Crippen LogP contribution in [-0.4, -0.2) is 38.7 Å². The summed E-state index contributed by atoms with van der Waals surface area (Å²) in [5, 5.41) is 2.80. The van der Waals surface area contributed by atoms with Crippen LogP contribution in [0, 0.1) is 0 Å². The number of ether oxygens (including phenoxy) is 2. The minimum absolute atomic E-state index is 0.0641. The number of benzene rings is 3. The molecule has 10 heteroatoms. The number of rotatable bonds is 11. The molecule has 0 aromatic heterocycles. The molecule has 3 aromatic rings. The first-order valence-electron chi connectivity index (χ1n) is 11.5. The van der Waals surface area contributed by atoms with E-state index in [-0.39, 0.29) is 30.5 Å². The number of aliphatic imine (C=N–C) groups is 1. The molecule has 3 aromatic carbocycles. The molecule has 0 aliphatic carbocycles. The van der Waals surface area contributed by atoms with Gasteiger partial charge in [0, 0.05) is 25.2 Å². The Morgan fingerprint density at radius 2 is 1.76 bits per heavy atom. The summed E-state index contributed by atoms with van der Waals surface area (Å²) in [6, 6.07) is 17.4. The molecule has 0 spiro atoms. The second-order valence-corrected chi connectivity index (χ2v) is 10.2. The van der Waals surface area contributed by atoms with Crippen molar-refractivity contribution in [2.45, 2.75) is 24.5 Å². The van der Waals surface area contributed by atoms with E-state index in [0.717, 1.165) is 15.4 Å². The fourth-order valence-electron chi connectivity index (χ4n) is 3.90. The van der Waals surface area contributed by atoms with Crippen LogP contribution in [0.1, 0.15) is 22.3 Å². The Kier molecular flexibility index (Phi) is 8.02. The van der Waals surface area contributed by atoms with E-state index in [1.807, 2.05) is 24.3 Å². The molecule has 0 saturated carbocycles. The van der Waals surface area contributed by atoms with Crippen molar-refractivity contribution in [3.63, 3.8) is 0 Å². The summed E-state index contributed by atoms with van der Waals surface area (Å²) in [5.41, 5.74) is 8.80. The van der Waals surface area contributed by atoms with E-state index >= 15 is 0 Å². The fourth-order valence-corrected chi connectivity index (χ4v) is 5.46. The minimum Gasteiger partial charge on any atom is -0.454 e. The molecule has 0 unspecified atom stereocenters. The molecular formula is C27H28N4O5S. The molecule has 0 bridgehead atoms. The van der Waals surface area contributed by atoms with Crippen molar-refractivity contribution in [2.24, 2.45) is 10.7 Å². The highest BCUT2D eigenvalue weighted by atomic mass is 32.2. The molecule has 0 fully saturated rings. The van der Waals surface area contributed by atoms with Gasteiger partial charge in [0.25, 0.3) is 0 Å². The zero-order valence-electron chi connectivity index (χ0n) is 20.2. The van der Waals surface area contributed by atoms with Crippen LogP contribution >= 0.6 is 0 Å². The molecule has 3 N–H and O–H groups in total. The summed E-state index contributed by atoms with van der Waals surface area (Å²) in [6.07, 6.45) is 1.51. The second-order valence-electron chi connectivity index (χ2n) is 8.31. The van der Waals surface area contributed by atoms with Gasteiger partial charge in [-0.2, -0.15) is 4.31 Å². The normalized spacial score (nSPS) is 12.4. The van der Waals surface area contributed by atoms with E-state index in [2.05, 4.69) is 23.6 Å². The second kappa shape index (κ2) is 11.4. The Balaban J connectivity index is 1.61. The highest BCUT2D eigenvalue weighted by molar-refractivity contribution is 7.89. The van der Waals surface area contributed by atoms with Crippen molar-refractivity contribution in [1.82, 2.24) is 9.62 Å². The third-order valence-electron chi connectivity index (χ3n) is 5.89. The zero-order valence-corrected chi connectivity index (χ0v) is 21.0. The van der Waals surface area contributed by atoms with E-state index in [9.17, 15) is 13.2 Å². The summed E-state index contributed by atoms with van der Waals surface area (Å²) in [7, 11) is -4.17. The van der Waals surface area contributed by atoms with Crippen LogP contribution < -0.4 is 20.5 Å². The van der Waals surface area contributed by atoms with Gasteiger partial charge in [0.1, 0.15) is 4.90 Å². The van der Waals surface area contributed by atoms with Gasteiger partial charge < -0.3 is 20.5 Å². The Morgan fingerprint density at radius 1 is 1.05 bits per heavy atom. The largest absolute Gasteiger partial charge is 0.454 e. The first-order chi connectivity index (χ1) is 17.8. The number of carbonyl (C=O) groups excluding carboxylic acids is 1. The number of hydrogen-bond donors (Lipinski definition) is 2. The van der Waals surface area contributed by atoms with Crippen molar-refractivity contribution >= 4 is 34.4 Å². The first-order valence-corrected chi connectivity index (χ1v) is 12.9. The third-order valence-corrected chi connectivity index (χ3v) is 7.71. The Morgan fingerprint density at radius 3 is 2.46 bits per heavy atom. The number of fused-ring (bicyclic) bond motifs is 1. The van der Waals surface area contributed by atoms with Crippen LogP contribution in [0.2, 0.25) is 0 Å². The number of sulfonamides is 1. The van der Waals surface area contributed by atoms with E-state index in [4.69, 9.17) is 15.2 Å². The molecular weight excluding hydrogens is 492 g/mol. The van der Waals surface area contributed by atoms with Crippen molar-refractivity contribution < 1.29 is 22.7 Å². The van der Waals surface area contributed by atoms with E-state index < -0.39 is 22.5 Å². The maximum atomic E-state index is 13.9. The summed E-state index contributed by atoms with van der Waals surface area (Å²) in [4.78, 5) is 16.8. The smallest absolute Gasteiger partial charge is 0.246 e. The molecule has 1 amide bonds. The van der Waals surface area contributed by atoms with Crippen LogP contribution in [0.4, 0.5) is 5.69 Å². The lowest BCUT2D eigenvalue weighted by Crippen LogP contribution is -2.40. The van der Waals surface area contributed by atoms with Gasteiger partial charge in [0.2, 0.25) is 22.7 Å². The maximum absolute atomic E-state index is 13.9. The predicted molar refractivity (Wildman–Crippen MR) is 142 cm³/mol. The number of nitrogens with one attached hydrogen (secondary N) is 1. The van der Waals surface area contributed by atoms with Crippen LogP contribution in [0.3, 0.4) is 0 Å². The molecule has 1 aliphatic rings. The average molecular weight is 521 g/mol. The number of nitrogens with zero attached hydrogens (tertiary/aromatic N) is 2. The van der Waals surface area contributed by atoms with Gasteiger partial charge in [-0.1, -0.05) is 55.1 Å². The van der Waals surface area contributed by atoms with Gasteiger partial charge in [-0.25, -0.2) is 8.42 Å². The van der Waals surface area contributed by atoms with Gasteiger partial charge in [0.05, 0.1) is 12.2 Å². The molecule has 4 rings (SSSR count). The first kappa shape index (κ1) is 26.1. The van der Waals surface area contributed by atoms with Gasteiger partial charge in [-0.15, -0.1) is 0 Å². The van der Waals surface area contributed by atoms with Crippen LogP contribution in [-0.2, 0) is 34.5 Å². The van der Waals surface area contributed by atoms with Crippen LogP contribution in [0.5, 0.6) is 11.5 Å². The zero-order chi connectivity index (χ0) is 26.4. The number of carbonyl (C=O) groups is 1. The Labute approximate surface area is 216 Å². The number of para-hydroxylation sites is 1. The lowest BCUT2D eigenvalue weighted by atomic mass is 10.1. The SMILES string of the molecule is C=Cc1cccc(S(=O)(=O)N(CC(=O)NCc2ccc(CN)cc2)Cc2ccc3c(c2)OCO3)c1N=C. The topological polar surface area (TPSA) is 123 Å². The summed E-state index contributed by atoms with van der Waals surface area (Å²) < 4.78 is 39.6. The predicted octanol–water partition coefficient (Wildman–Crippen LogP) is 3.36. The fraction of sp³-hybridized carbons (Fsp3) is 0.185. The van der Waals surface area contributed by atoms with Crippen molar-refractivity contribution in [2.75, 3.05) is 13.3 Å². The number of nitrogens with two attached hydrogens (primary N) is 1. The molecule has 192 valence electrons. The Bertz CT molecular complexity index is 1420. The van der Waals surface area contributed by atoms with Gasteiger partial charge in [-0.05, 0) is 41.6 Å². The summed E-state index contributed by atoms with van der Waals surface area (Å²) >= 11 is 0. The quantitative estimate of drug-likeness (QED) is 0.374. The van der Waals surface area contributed by atoms with E-state index in [0.29, 0.717) is 29.2 Å². The van der Waals surface area contributed by atoms with Gasteiger partial charge in [-0.3, -0.25) is 9.79 Å². The number of hydrogen-bond acceptors (Lipinski definition) is 7. The lowest BCUT2D eigenvalue weighted by Gasteiger charge is -2.23. The average Bonchev–Trinajstić information content (AvgIpc) is 3.39. The van der Waals surface area contributed by atoms with E-state index in [1.165, 1.54) is 12.1 Å².